The van der Waals surface area contributed by atoms with Crippen LogP contribution in [0.15, 0.2) is 58.3 Å². The maximum atomic E-state index is 2.32. The molecule has 1 atom stereocenters. The number of hydrogen-bond acceptors (Lipinski definition) is 1. The first-order chi connectivity index (χ1) is 7.84. The van der Waals surface area contributed by atoms with Crippen LogP contribution < -0.4 is 0 Å². The Hall–Kier alpha value is -1.21. The minimum Gasteiger partial charge on any atom is -0.0895 e. The van der Waals surface area contributed by atoms with Gasteiger partial charge in [-0.2, -0.15) is 0 Å². The van der Waals surface area contributed by atoms with Gasteiger partial charge in [0.15, 0.2) is 0 Å². The van der Waals surface area contributed by atoms with E-state index in [1.807, 2.05) is 11.8 Å². The Kier molecular flexibility index (Phi) is 2.49. The van der Waals surface area contributed by atoms with Gasteiger partial charge in [-0.3, -0.25) is 0 Å². The molecule has 3 rings (SSSR count). The lowest BCUT2D eigenvalue weighted by Gasteiger charge is -2.11. The Morgan fingerprint density at radius 2 is 1.62 bits per heavy atom. The van der Waals surface area contributed by atoms with E-state index in [0.717, 1.165) is 6.42 Å². The molecule has 0 N–H and O–H groups in total. The molecule has 2 aromatic carbocycles. The summed E-state index contributed by atoms with van der Waals surface area (Å²) in [5.74, 6) is 0.618. The minimum atomic E-state index is 0.618. The Morgan fingerprint density at radius 3 is 2.50 bits per heavy atom. The zero-order valence-electron chi connectivity index (χ0n) is 9.31. The molecule has 1 aliphatic rings. The highest BCUT2D eigenvalue weighted by Gasteiger charge is 2.18. The second-order valence-corrected chi connectivity index (χ2v) is 5.44. The Bertz CT molecular complexity index is 516. The van der Waals surface area contributed by atoms with Crippen LogP contribution in [0.25, 0.3) is 0 Å². The fraction of sp³-hybridized carbons (Fsp3) is 0.200. The summed E-state index contributed by atoms with van der Waals surface area (Å²) in [6.07, 6.45) is 1.15. The van der Waals surface area contributed by atoms with Gasteiger partial charge in [-0.15, -0.1) is 0 Å². The molecular weight excluding hydrogens is 212 g/mol. The summed E-state index contributed by atoms with van der Waals surface area (Å²) in [5.41, 5.74) is 2.97. The number of hydrogen-bond donors (Lipinski definition) is 0. The van der Waals surface area contributed by atoms with E-state index in [2.05, 4.69) is 55.5 Å². The molecule has 2 aromatic rings. The molecule has 16 heavy (non-hydrogen) atoms. The molecule has 1 heterocycles. The Morgan fingerprint density at radius 1 is 0.938 bits per heavy atom. The van der Waals surface area contributed by atoms with Gasteiger partial charge < -0.3 is 0 Å². The van der Waals surface area contributed by atoms with Crippen LogP contribution in [0.4, 0.5) is 0 Å². The van der Waals surface area contributed by atoms with Crippen LogP contribution in [0.3, 0.4) is 0 Å². The zero-order chi connectivity index (χ0) is 11.0. The molecule has 1 unspecified atom stereocenters. The van der Waals surface area contributed by atoms with Crippen LogP contribution >= 0.6 is 11.8 Å². The predicted molar refractivity (Wildman–Crippen MR) is 69.1 cm³/mol. The van der Waals surface area contributed by atoms with E-state index in [1.165, 1.54) is 20.9 Å². The molecule has 0 saturated heterocycles. The molecule has 0 aliphatic carbocycles. The van der Waals surface area contributed by atoms with E-state index in [0.29, 0.717) is 5.92 Å². The molecule has 0 saturated carbocycles. The molecule has 1 heteroatoms. The van der Waals surface area contributed by atoms with Crippen LogP contribution in [0, 0.1) is 0 Å². The SMILES string of the molecule is CC1Cc2ccccc2Sc2ccccc21. The van der Waals surface area contributed by atoms with Crippen LogP contribution in [0.1, 0.15) is 24.0 Å². The quantitative estimate of drug-likeness (QED) is 0.637. The van der Waals surface area contributed by atoms with Crippen molar-refractivity contribution in [1.82, 2.24) is 0 Å². The van der Waals surface area contributed by atoms with Crippen molar-refractivity contribution in [2.24, 2.45) is 0 Å². The average Bonchev–Trinajstić information content (AvgIpc) is 2.45. The summed E-state index contributed by atoms with van der Waals surface area (Å²) in [6, 6.07) is 17.5. The van der Waals surface area contributed by atoms with E-state index in [-0.39, 0.29) is 0 Å². The monoisotopic (exact) mass is 226 g/mol. The predicted octanol–water partition coefficient (Wildman–Crippen LogP) is 4.50. The van der Waals surface area contributed by atoms with Gasteiger partial charge >= 0.3 is 0 Å². The number of benzene rings is 2. The van der Waals surface area contributed by atoms with Crippen molar-refractivity contribution in [3.63, 3.8) is 0 Å². The van der Waals surface area contributed by atoms with Crippen LogP contribution in [0.5, 0.6) is 0 Å². The standard InChI is InChI=1S/C15H14S/c1-11-10-12-6-2-4-8-14(12)16-15-9-5-3-7-13(11)15/h2-9,11H,10H2,1H3. The lowest BCUT2D eigenvalue weighted by molar-refractivity contribution is 0.741. The van der Waals surface area contributed by atoms with E-state index >= 15 is 0 Å². The normalized spacial score (nSPS) is 18.4. The first-order valence-corrected chi connectivity index (χ1v) is 6.51. The van der Waals surface area contributed by atoms with E-state index < -0.39 is 0 Å². The maximum absolute atomic E-state index is 2.32. The third-order valence-corrected chi connectivity index (χ3v) is 4.38. The average molecular weight is 226 g/mol. The highest BCUT2D eigenvalue weighted by Crippen LogP contribution is 2.40. The van der Waals surface area contributed by atoms with Crippen molar-refractivity contribution in [2.75, 3.05) is 0 Å². The van der Waals surface area contributed by atoms with Crippen molar-refractivity contribution in [2.45, 2.75) is 29.1 Å². The van der Waals surface area contributed by atoms with Gasteiger partial charge in [0.1, 0.15) is 0 Å². The van der Waals surface area contributed by atoms with Crippen molar-refractivity contribution in [3.05, 3.63) is 59.7 Å². The fourth-order valence-electron chi connectivity index (χ4n) is 2.31. The van der Waals surface area contributed by atoms with Crippen LogP contribution in [0.2, 0.25) is 0 Å². The molecule has 80 valence electrons. The summed E-state index contributed by atoms with van der Waals surface area (Å²) >= 11 is 1.91. The van der Waals surface area contributed by atoms with Crippen molar-refractivity contribution >= 4 is 11.8 Å². The summed E-state index contributed by atoms with van der Waals surface area (Å²) in [7, 11) is 0. The maximum Gasteiger partial charge on any atom is 0.0157 e. The van der Waals surface area contributed by atoms with Gasteiger partial charge in [0, 0.05) is 9.79 Å². The van der Waals surface area contributed by atoms with Crippen molar-refractivity contribution in [1.29, 1.82) is 0 Å². The zero-order valence-corrected chi connectivity index (χ0v) is 10.1. The second kappa shape index (κ2) is 3.99. The topological polar surface area (TPSA) is 0 Å². The van der Waals surface area contributed by atoms with E-state index in [1.54, 1.807) is 0 Å². The molecular formula is C15H14S. The van der Waals surface area contributed by atoms with Gasteiger partial charge in [0.05, 0.1) is 0 Å². The number of rotatable bonds is 0. The van der Waals surface area contributed by atoms with E-state index in [9.17, 15) is 0 Å². The van der Waals surface area contributed by atoms with Crippen molar-refractivity contribution < 1.29 is 0 Å². The molecule has 0 aromatic heterocycles. The van der Waals surface area contributed by atoms with Gasteiger partial charge in [-0.1, -0.05) is 55.1 Å². The highest BCUT2D eigenvalue weighted by molar-refractivity contribution is 7.99. The van der Waals surface area contributed by atoms with Gasteiger partial charge in [-0.25, -0.2) is 0 Å². The van der Waals surface area contributed by atoms with Gasteiger partial charge in [0.25, 0.3) is 0 Å². The summed E-state index contributed by atoms with van der Waals surface area (Å²) < 4.78 is 0. The molecule has 0 bridgehead atoms. The third kappa shape index (κ3) is 1.65. The fourth-order valence-corrected chi connectivity index (χ4v) is 3.51. The van der Waals surface area contributed by atoms with E-state index in [4.69, 9.17) is 0 Å². The lowest BCUT2D eigenvalue weighted by atomic mass is 9.94. The van der Waals surface area contributed by atoms with Crippen LogP contribution in [-0.4, -0.2) is 0 Å². The molecule has 0 fully saturated rings. The molecule has 0 spiro atoms. The molecule has 1 aliphatic heterocycles. The highest BCUT2D eigenvalue weighted by atomic mass is 32.2. The van der Waals surface area contributed by atoms with Crippen LogP contribution in [-0.2, 0) is 6.42 Å². The van der Waals surface area contributed by atoms with Gasteiger partial charge in [0.2, 0.25) is 0 Å². The largest absolute Gasteiger partial charge is 0.0895 e. The van der Waals surface area contributed by atoms with Gasteiger partial charge in [-0.05, 0) is 35.6 Å². The smallest absolute Gasteiger partial charge is 0.0157 e. The lowest BCUT2D eigenvalue weighted by Crippen LogP contribution is -1.97. The number of fused-ring (bicyclic) bond motifs is 2. The molecule has 0 amide bonds. The first-order valence-electron chi connectivity index (χ1n) is 5.69. The second-order valence-electron chi connectivity index (χ2n) is 4.35. The molecule has 0 radical (unpaired) electrons. The Labute approximate surface area is 101 Å². The minimum absolute atomic E-state index is 0.618. The molecule has 0 nitrogen and oxygen atoms in total. The third-order valence-electron chi connectivity index (χ3n) is 3.17. The summed E-state index contributed by atoms with van der Waals surface area (Å²) in [6.45, 7) is 2.32. The summed E-state index contributed by atoms with van der Waals surface area (Å²) in [5, 5.41) is 0. The summed E-state index contributed by atoms with van der Waals surface area (Å²) in [4.78, 5) is 2.83. The first kappa shape index (κ1) is 9.98. The Balaban J connectivity index is 2.15. The van der Waals surface area contributed by atoms with Crippen molar-refractivity contribution in [3.8, 4) is 0 Å².